The fraction of sp³-hybridized carbons (Fsp3) is 0.667. The first kappa shape index (κ1) is 14.9. The minimum atomic E-state index is 0.703. The van der Waals surface area contributed by atoms with Crippen LogP contribution < -0.4 is 10.2 Å². The Morgan fingerprint density at radius 2 is 2.24 bits per heavy atom. The zero-order valence-electron chi connectivity index (χ0n) is 13.6. The van der Waals surface area contributed by atoms with Gasteiger partial charge < -0.3 is 10.2 Å². The van der Waals surface area contributed by atoms with Gasteiger partial charge in [0.15, 0.2) is 0 Å². The monoisotopic (exact) mass is 287 g/mol. The first-order valence-electron chi connectivity index (χ1n) is 8.55. The molecule has 3 rings (SSSR count). The van der Waals surface area contributed by atoms with Crippen LogP contribution in [0.5, 0.6) is 0 Å². The summed E-state index contributed by atoms with van der Waals surface area (Å²) in [4.78, 5) is 4.97. The lowest BCUT2D eigenvalue weighted by Gasteiger charge is -2.29. The van der Waals surface area contributed by atoms with Gasteiger partial charge in [0.1, 0.15) is 0 Å². The van der Waals surface area contributed by atoms with Gasteiger partial charge in [-0.05, 0) is 56.0 Å². The van der Waals surface area contributed by atoms with Gasteiger partial charge in [0, 0.05) is 38.4 Å². The number of aryl methyl sites for hydroxylation is 1. The fourth-order valence-corrected chi connectivity index (χ4v) is 3.72. The van der Waals surface area contributed by atoms with E-state index in [2.05, 4.69) is 47.3 Å². The van der Waals surface area contributed by atoms with Crippen molar-refractivity contribution in [1.82, 2.24) is 10.2 Å². The second-order valence-corrected chi connectivity index (χ2v) is 6.61. The summed E-state index contributed by atoms with van der Waals surface area (Å²) >= 11 is 0. The lowest BCUT2D eigenvalue weighted by Crippen LogP contribution is -2.37. The molecule has 21 heavy (non-hydrogen) atoms. The first-order chi connectivity index (χ1) is 10.3. The number of nitrogens with one attached hydrogen (secondary N) is 1. The van der Waals surface area contributed by atoms with E-state index in [1.807, 2.05) is 0 Å². The first-order valence-corrected chi connectivity index (χ1v) is 8.55. The second kappa shape index (κ2) is 6.80. The molecule has 2 aliphatic heterocycles. The van der Waals surface area contributed by atoms with E-state index in [1.54, 1.807) is 0 Å². The molecule has 2 heterocycles. The summed E-state index contributed by atoms with van der Waals surface area (Å²) in [6, 6.07) is 7.79. The maximum absolute atomic E-state index is 3.61. The molecule has 3 heteroatoms. The third-order valence-electron chi connectivity index (χ3n) is 4.99. The maximum atomic E-state index is 3.61. The Morgan fingerprint density at radius 1 is 1.33 bits per heavy atom. The minimum Gasteiger partial charge on any atom is -0.374 e. The highest BCUT2D eigenvalue weighted by Crippen LogP contribution is 2.27. The summed E-state index contributed by atoms with van der Waals surface area (Å²) in [5.74, 6) is 0. The molecule has 0 bridgehead atoms. The summed E-state index contributed by atoms with van der Waals surface area (Å²) < 4.78 is 0. The predicted octanol–water partition coefficient (Wildman–Crippen LogP) is 2.64. The molecule has 0 radical (unpaired) electrons. The molecule has 1 fully saturated rings. The van der Waals surface area contributed by atoms with Gasteiger partial charge in [-0.3, -0.25) is 4.90 Å². The second-order valence-electron chi connectivity index (χ2n) is 6.61. The van der Waals surface area contributed by atoms with Gasteiger partial charge in [0.25, 0.3) is 0 Å². The van der Waals surface area contributed by atoms with Gasteiger partial charge in [0.05, 0.1) is 0 Å². The molecule has 0 saturated carbocycles. The van der Waals surface area contributed by atoms with Crippen molar-refractivity contribution in [3.05, 3.63) is 29.3 Å². The minimum absolute atomic E-state index is 0.703. The van der Waals surface area contributed by atoms with Crippen LogP contribution in [0.25, 0.3) is 0 Å². The molecule has 3 nitrogen and oxygen atoms in total. The molecule has 1 unspecified atom stereocenters. The van der Waals surface area contributed by atoms with Crippen LogP contribution in [0.3, 0.4) is 0 Å². The summed E-state index contributed by atoms with van der Waals surface area (Å²) in [5.41, 5.74) is 4.45. The van der Waals surface area contributed by atoms with Crippen LogP contribution in [0.1, 0.15) is 37.3 Å². The Hall–Kier alpha value is -1.06. The van der Waals surface area contributed by atoms with Crippen LogP contribution in [0.4, 0.5) is 5.69 Å². The number of benzene rings is 1. The molecule has 1 atom stereocenters. The highest BCUT2D eigenvalue weighted by molar-refractivity contribution is 5.56. The molecule has 1 aromatic carbocycles. The van der Waals surface area contributed by atoms with Crippen molar-refractivity contribution in [3.63, 3.8) is 0 Å². The molecular weight excluding hydrogens is 258 g/mol. The van der Waals surface area contributed by atoms with Crippen molar-refractivity contribution in [1.29, 1.82) is 0 Å². The van der Waals surface area contributed by atoms with Gasteiger partial charge in [0.2, 0.25) is 0 Å². The van der Waals surface area contributed by atoms with Crippen LogP contribution in [0, 0.1) is 0 Å². The molecule has 0 aliphatic carbocycles. The lowest BCUT2D eigenvalue weighted by atomic mass is 9.99. The Balaban J connectivity index is 1.65. The van der Waals surface area contributed by atoms with Gasteiger partial charge in [-0.2, -0.15) is 0 Å². The molecule has 2 aliphatic rings. The van der Waals surface area contributed by atoms with Crippen LogP contribution in [0.15, 0.2) is 18.2 Å². The van der Waals surface area contributed by atoms with Gasteiger partial charge in [-0.25, -0.2) is 0 Å². The number of anilines is 1. The Bertz CT molecular complexity index is 466. The molecule has 116 valence electrons. The van der Waals surface area contributed by atoms with E-state index in [0.717, 1.165) is 13.1 Å². The molecule has 1 N–H and O–H groups in total. The third kappa shape index (κ3) is 3.58. The van der Waals surface area contributed by atoms with Crippen molar-refractivity contribution < 1.29 is 0 Å². The number of likely N-dealkylation sites (N-methyl/N-ethyl adjacent to an activating group) is 1. The van der Waals surface area contributed by atoms with Gasteiger partial charge >= 0.3 is 0 Å². The zero-order valence-corrected chi connectivity index (χ0v) is 13.6. The average molecular weight is 287 g/mol. The van der Waals surface area contributed by atoms with Gasteiger partial charge in [-0.15, -0.1) is 0 Å². The molecule has 0 amide bonds. The van der Waals surface area contributed by atoms with E-state index < -0.39 is 0 Å². The van der Waals surface area contributed by atoms with Crippen LogP contribution in [-0.4, -0.2) is 44.2 Å². The molecule has 1 aromatic rings. The molecule has 0 spiro atoms. The lowest BCUT2D eigenvalue weighted by molar-refractivity contribution is 0.253. The van der Waals surface area contributed by atoms with Crippen LogP contribution >= 0.6 is 0 Å². The third-order valence-corrected chi connectivity index (χ3v) is 4.99. The summed E-state index contributed by atoms with van der Waals surface area (Å²) in [6.45, 7) is 8.09. The number of hydrogen-bond donors (Lipinski definition) is 1. The average Bonchev–Trinajstić information content (AvgIpc) is 3.00. The number of hydrogen-bond acceptors (Lipinski definition) is 3. The zero-order chi connectivity index (χ0) is 14.7. The summed E-state index contributed by atoms with van der Waals surface area (Å²) in [6.07, 6.45) is 5.21. The van der Waals surface area contributed by atoms with E-state index in [1.165, 1.54) is 62.1 Å². The largest absolute Gasteiger partial charge is 0.374 e. The highest BCUT2D eigenvalue weighted by Gasteiger charge is 2.18. The normalized spacial score (nSPS) is 21.9. The molecular formula is C18H29N3. The van der Waals surface area contributed by atoms with Gasteiger partial charge in [-0.1, -0.05) is 19.1 Å². The van der Waals surface area contributed by atoms with E-state index in [4.69, 9.17) is 0 Å². The van der Waals surface area contributed by atoms with E-state index in [0.29, 0.717) is 6.04 Å². The predicted molar refractivity (Wildman–Crippen MR) is 90.0 cm³/mol. The van der Waals surface area contributed by atoms with Crippen molar-refractivity contribution in [2.45, 2.75) is 45.2 Å². The van der Waals surface area contributed by atoms with Crippen LogP contribution in [0.2, 0.25) is 0 Å². The fourth-order valence-electron chi connectivity index (χ4n) is 3.72. The molecule has 1 saturated heterocycles. The Labute approximate surface area is 129 Å². The smallest absolute Gasteiger partial charge is 0.0396 e. The Morgan fingerprint density at radius 3 is 3.00 bits per heavy atom. The number of nitrogens with zero attached hydrogens (tertiary/aromatic N) is 2. The Kier molecular flexibility index (Phi) is 4.81. The molecule has 0 aromatic heterocycles. The number of fused-ring (bicyclic) bond motifs is 1. The van der Waals surface area contributed by atoms with Crippen molar-refractivity contribution >= 4 is 5.69 Å². The summed E-state index contributed by atoms with van der Waals surface area (Å²) in [5, 5.41) is 3.61. The highest BCUT2D eigenvalue weighted by atomic mass is 15.1. The van der Waals surface area contributed by atoms with Crippen molar-refractivity contribution in [2.75, 3.05) is 38.1 Å². The van der Waals surface area contributed by atoms with Crippen molar-refractivity contribution in [2.24, 2.45) is 0 Å². The number of rotatable bonds is 5. The van der Waals surface area contributed by atoms with E-state index >= 15 is 0 Å². The summed E-state index contributed by atoms with van der Waals surface area (Å²) in [7, 11) is 2.21. The van der Waals surface area contributed by atoms with E-state index in [-0.39, 0.29) is 0 Å². The topological polar surface area (TPSA) is 18.5 Å². The quantitative estimate of drug-likeness (QED) is 0.898. The van der Waals surface area contributed by atoms with Crippen LogP contribution in [-0.2, 0) is 13.0 Å². The SMILES string of the molecule is CCN(Cc1ccc2c(c1)CCCN2C)CC1CCCN1. The van der Waals surface area contributed by atoms with Crippen molar-refractivity contribution in [3.8, 4) is 0 Å². The standard InChI is InChI=1S/C18H29N3/c1-3-21(14-17-7-4-10-19-17)13-15-8-9-18-16(12-15)6-5-11-20(18)2/h8-9,12,17,19H,3-7,10-11,13-14H2,1-2H3. The maximum Gasteiger partial charge on any atom is 0.0396 e. The van der Waals surface area contributed by atoms with E-state index in [9.17, 15) is 0 Å².